The van der Waals surface area contributed by atoms with Crippen LogP contribution in [0.4, 0.5) is 15.9 Å². The molecule has 0 radical (unpaired) electrons. The molecule has 0 atom stereocenters. The third-order valence-electron chi connectivity index (χ3n) is 2.02. The van der Waals surface area contributed by atoms with E-state index in [2.05, 4.69) is 15.3 Å². The molecule has 3 nitrogen and oxygen atoms in total. The second kappa shape index (κ2) is 4.85. The molecular formula is C11H8Cl2FN3. The highest BCUT2D eigenvalue weighted by molar-refractivity contribution is 6.30. The van der Waals surface area contributed by atoms with Crippen LogP contribution in [0, 0.1) is 12.7 Å². The SMILES string of the molecule is Cc1cc(Nc2ccc(Cl)cc2F)nc(Cl)n1. The minimum absolute atomic E-state index is 0.113. The summed E-state index contributed by atoms with van der Waals surface area (Å²) in [5.74, 6) is -0.0198. The number of benzene rings is 1. The number of hydrogen-bond donors (Lipinski definition) is 1. The van der Waals surface area contributed by atoms with E-state index in [1.807, 2.05) is 0 Å². The van der Waals surface area contributed by atoms with Crippen molar-refractivity contribution in [2.24, 2.45) is 0 Å². The lowest BCUT2D eigenvalue weighted by Gasteiger charge is -2.07. The maximum atomic E-state index is 13.5. The predicted octanol–water partition coefficient (Wildman–Crippen LogP) is 3.97. The third-order valence-corrected chi connectivity index (χ3v) is 2.42. The van der Waals surface area contributed by atoms with Crippen molar-refractivity contribution in [2.45, 2.75) is 6.92 Å². The quantitative estimate of drug-likeness (QED) is 0.840. The van der Waals surface area contributed by atoms with Gasteiger partial charge in [-0.05, 0) is 36.7 Å². The van der Waals surface area contributed by atoms with Gasteiger partial charge in [0, 0.05) is 16.8 Å². The summed E-state index contributed by atoms with van der Waals surface area (Å²) in [5, 5.41) is 3.26. The van der Waals surface area contributed by atoms with E-state index in [-0.39, 0.29) is 11.0 Å². The van der Waals surface area contributed by atoms with Crippen LogP contribution in [-0.4, -0.2) is 9.97 Å². The fourth-order valence-electron chi connectivity index (χ4n) is 1.33. The monoisotopic (exact) mass is 271 g/mol. The van der Waals surface area contributed by atoms with E-state index in [0.29, 0.717) is 16.5 Å². The van der Waals surface area contributed by atoms with Crippen LogP contribution < -0.4 is 5.32 Å². The Morgan fingerprint density at radius 3 is 2.59 bits per heavy atom. The fourth-order valence-corrected chi connectivity index (χ4v) is 1.71. The molecule has 2 aromatic rings. The molecule has 1 heterocycles. The van der Waals surface area contributed by atoms with E-state index in [4.69, 9.17) is 23.2 Å². The predicted molar refractivity (Wildman–Crippen MR) is 66.5 cm³/mol. The van der Waals surface area contributed by atoms with Crippen LogP contribution in [0.5, 0.6) is 0 Å². The van der Waals surface area contributed by atoms with Crippen LogP contribution in [0.25, 0.3) is 0 Å². The second-order valence-corrected chi connectivity index (χ2v) is 4.19. The van der Waals surface area contributed by atoms with Gasteiger partial charge >= 0.3 is 0 Å². The molecule has 0 saturated carbocycles. The maximum absolute atomic E-state index is 13.5. The summed E-state index contributed by atoms with van der Waals surface area (Å²) in [6.07, 6.45) is 0. The Balaban J connectivity index is 2.31. The second-order valence-electron chi connectivity index (χ2n) is 3.41. The van der Waals surface area contributed by atoms with Crippen molar-refractivity contribution in [3.63, 3.8) is 0 Å². The van der Waals surface area contributed by atoms with Crippen molar-refractivity contribution >= 4 is 34.7 Å². The zero-order valence-corrected chi connectivity index (χ0v) is 10.3. The lowest BCUT2D eigenvalue weighted by molar-refractivity contribution is 0.632. The molecule has 0 fully saturated rings. The van der Waals surface area contributed by atoms with Crippen LogP contribution in [0.15, 0.2) is 24.3 Å². The first-order valence-electron chi connectivity index (χ1n) is 4.78. The van der Waals surface area contributed by atoms with Crippen molar-refractivity contribution < 1.29 is 4.39 Å². The number of aromatic nitrogens is 2. The molecule has 0 unspecified atom stereocenters. The summed E-state index contributed by atoms with van der Waals surface area (Å²) in [4.78, 5) is 7.85. The summed E-state index contributed by atoms with van der Waals surface area (Å²) in [6, 6.07) is 6.01. The van der Waals surface area contributed by atoms with E-state index in [9.17, 15) is 4.39 Å². The lowest BCUT2D eigenvalue weighted by atomic mass is 10.3. The Morgan fingerprint density at radius 2 is 1.94 bits per heavy atom. The average molecular weight is 272 g/mol. The molecule has 1 aromatic heterocycles. The molecule has 0 saturated heterocycles. The van der Waals surface area contributed by atoms with Gasteiger partial charge in [-0.2, -0.15) is 0 Å². The topological polar surface area (TPSA) is 37.8 Å². The molecule has 0 aliphatic carbocycles. The number of halogens is 3. The van der Waals surface area contributed by atoms with Gasteiger partial charge < -0.3 is 5.32 Å². The first-order chi connectivity index (χ1) is 8.04. The normalized spacial score (nSPS) is 10.4. The number of aryl methyl sites for hydroxylation is 1. The van der Waals surface area contributed by atoms with Gasteiger partial charge in [0.15, 0.2) is 0 Å². The smallest absolute Gasteiger partial charge is 0.224 e. The first-order valence-corrected chi connectivity index (χ1v) is 5.53. The number of rotatable bonds is 2. The van der Waals surface area contributed by atoms with Crippen molar-refractivity contribution in [1.29, 1.82) is 0 Å². The van der Waals surface area contributed by atoms with Gasteiger partial charge in [-0.25, -0.2) is 14.4 Å². The summed E-state index contributed by atoms with van der Waals surface area (Å²) in [7, 11) is 0. The molecule has 0 bridgehead atoms. The number of hydrogen-bond acceptors (Lipinski definition) is 3. The van der Waals surface area contributed by atoms with Crippen molar-refractivity contribution in [3.05, 3.63) is 46.1 Å². The summed E-state index contributed by atoms with van der Waals surface area (Å²) in [6.45, 7) is 1.77. The van der Waals surface area contributed by atoms with Gasteiger partial charge in [0.25, 0.3) is 0 Å². The van der Waals surface area contributed by atoms with E-state index < -0.39 is 5.82 Å². The van der Waals surface area contributed by atoms with Gasteiger partial charge in [-0.15, -0.1) is 0 Å². The largest absolute Gasteiger partial charge is 0.338 e. The van der Waals surface area contributed by atoms with Crippen molar-refractivity contribution in [2.75, 3.05) is 5.32 Å². The Labute approximate surface area is 108 Å². The molecule has 0 aliphatic heterocycles. The van der Waals surface area contributed by atoms with Crippen LogP contribution >= 0.6 is 23.2 Å². The molecule has 1 N–H and O–H groups in total. The average Bonchev–Trinajstić information content (AvgIpc) is 2.21. The molecule has 1 aromatic carbocycles. The molecule has 0 aliphatic rings. The maximum Gasteiger partial charge on any atom is 0.224 e. The molecule has 88 valence electrons. The lowest BCUT2D eigenvalue weighted by Crippen LogP contribution is -1.98. The van der Waals surface area contributed by atoms with Gasteiger partial charge in [0.2, 0.25) is 5.28 Å². The fraction of sp³-hybridized carbons (Fsp3) is 0.0909. The van der Waals surface area contributed by atoms with E-state index >= 15 is 0 Å². The van der Waals surface area contributed by atoms with Crippen LogP contribution in [0.1, 0.15) is 5.69 Å². The van der Waals surface area contributed by atoms with Crippen LogP contribution in [0.2, 0.25) is 10.3 Å². The Hall–Kier alpha value is -1.39. The van der Waals surface area contributed by atoms with Crippen molar-refractivity contribution in [3.8, 4) is 0 Å². The van der Waals surface area contributed by atoms with Crippen LogP contribution in [-0.2, 0) is 0 Å². The zero-order valence-electron chi connectivity index (χ0n) is 8.84. The molecular weight excluding hydrogens is 264 g/mol. The number of nitrogens with one attached hydrogen (secondary N) is 1. The standard InChI is InChI=1S/C11H8Cl2FN3/c1-6-4-10(17-11(13)15-6)16-9-3-2-7(12)5-8(9)14/h2-5H,1H3,(H,15,16,17). The molecule has 0 spiro atoms. The number of nitrogens with zero attached hydrogens (tertiary/aromatic N) is 2. The molecule has 0 amide bonds. The zero-order chi connectivity index (χ0) is 12.4. The van der Waals surface area contributed by atoms with Gasteiger partial charge in [-0.3, -0.25) is 0 Å². The number of anilines is 2. The molecule has 6 heteroatoms. The minimum Gasteiger partial charge on any atom is -0.338 e. The van der Waals surface area contributed by atoms with Gasteiger partial charge in [0.05, 0.1) is 5.69 Å². The van der Waals surface area contributed by atoms with Crippen molar-refractivity contribution in [1.82, 2.24) is 9.97 Å². The molecule has 17 heavy (non-hydrogen) atoms. The highest BCUT2D eigenvalue weighted by Gasteiger charge is 2.05. The summed E-state index contributed by atoms with van der Waals surface area (Å²) < 4.78 is 13.5. The third kappa shape index (κ3) is 3.05. The summed E-state index contributed by atoms with van der Waals surface area (Å²) >= 11 is 11.4. The first kappa shape index (κ1) is 12.1. The minimum atomic E-state index is -0.454. The Kier molecular flexibility index (Phi) is 3.45. The molecule has 2 rings (SSSR count). The Morgan fingerprint density at radius 1 is 1.18 bits per heavy atom. The van der Waals surface area contributed by atoms with Gasteiger partial charge in [0.1, 0.15) is 11.6 Å². The Bertz CT molecular complexity index is 540. The van der Waals surface area contributed by atoms with E-state index in [1.165, 1.54) is 12.1 Å². The highest BCUT2D eigenvalue weighted by Crippen LogP contribution is 2.22. The summed E-state index contributed by atoms with van der Waals surface area (Å²) in [5.41, 5.74) is 0.977. The highest BCUT2D eigenvalue weighted by atomic mass is 35.5. The van der Waals surface area contributed by atoms with E-state index in [0.717, 1.165) is 0 Å². The van der Waals surface area contributed by atoms with E-state index in [1.54, 1.807) is 19.1 Å². The van der Waals surface area contributed by atoms with Gasteiger partial charge in [-0.1, -0.05) is 11.6 Å². The van der Waals surface area contributed by atoms with Crippen LogP contribution in [0.3, 0.4) is 0 Å².